The number of amides is 1. The van der Waals surface area contributed by atoms with E-state index in [0.717, 1.165) is 0 Å². The molecule has 3 rings (SSSR count). The Bertz CT molecular complexity index is 634. The van der Waals surface area contributed by atoms with E-state index in [1.165, 1.54) is 0 Å². The first-order chi connectivity index (χ1) is 11.3. The summed E-state index contributed by atoms with van der Waals surface area (Å²) in [5.41, 5.74) is -0.556. The Morgan fingerprint density at radius 3 is 2.62 bits per heavy atom. The van der Waals surface area contributed by atoms with Crippen molar-refractivity contribution in [3.63, 3.8) is 0 Å². The molecule has 0 saturated carbocycles. The number of likely N-dealkylation sites (tertiary alicyclic amines) is 2. The molecule has 0 unspecified atom stereocenters. The van der Waals surface area contributed by atoms with Gasteiger partial charge in [-0.3, -0.25) is 14.5 Å². The molecule has 8 nitrogen and oxygen atoms in total. The van der Waals surface area contributed by atoms with Crippen LogP contribution in [0.1, 0.15) is 50.7 Å². The molecule has 24 heavy (non-hydrogen) atoms. The first kappa shape index (κ1) is 16.9. The van der Waals surface area contributed by atoms with Crippen molar-refractivity contribution in [2.75, 3.05) is 20.1 Å². The maximum absolute atomic E-state index is 12.0. The fraction of sp³-hybridized carbons (Fsp3) is 0.750. The molecule has 1 atom stereocenters. The Morgan fingerprint density at radius 2 is 2.08 bits per heavy atom. The lowest BCUT2D eigenvalue weighted by Gasteiger charge is -2.45. The smallest absolute Gasteiger partial charge is 0.309 e. The molecule has 0 aliphatic carbocycles. The number of carbonyl (C=O) groups excluding carboxylic acids is 1. The molecule has 2 aliphatic heterocycles. The van der Waals surface area contributed by atoms with Crippen LogP contribution in [0.5, 0.6) is 0 Å². The summed E-state index contributed by atoms with van der Waals surface area (Å²) < 4.78 is 5.22. The Kier molecular flexibility index (Phi) is 4.33. The van der Waals surface area contributed by atoms with Crippen molar-refractivity contribution in [2.24, 2.45) is 5.92 Å². The molecule has 2 fully saturated rings. The zero-order valence-electron chi connectivity index (χ0n) is 14.4. The van der Waals surface area contributed by atoms with E-state index in [1.54, 1.807) is 11.9 Å². The van der Waals surface area contributed by atoms with E-state index in [0.29, 0.717) is 44.2 Å². The van der Waals surface area contributed by atoms with Crippen LogP contribution in [-0.2, 0) is 16.1 Å². The van der Waals surface area contributed by atoms with Gasteiger partial charge in [-0.25, -0.2) is 0 Å². The lowest BCUT2D eigenvalue weighted by Crippen LogP contribution is -2.56. The second kappa shape index (κ2) is 6.16. The molecule has 1 aromatic heterocycles. The van der Waals surface area contributed by atoms with Gasteiger partial charge in [0.25, 0.3) is 0 Å². The average Bonchev–Trinajstić information content (AvgIpc) is 3.09. The predicted molar refractivity (Wildman–Crippen MR) is 84.1 cm³/mol. The van der Waals surface area contributed by atoms with Crippen molar-refractivity contribution in [1.29, 1.82) is 0 Å². The number of carboxylic acids is 1. The minimum atomic E-state index is -0.874. The molecule has 1 aromatic rings. The van der Waals surface area contributed by atoms with E-state index >= 15 is 0 Å². The summed E-state index contributed by atoms with van der Waals surface area (Å²) >= 11 is 0. The van der Waals surface area contributed by atoms with Gasteiger partial charge >= 0.3 is 5.97 Å². The molecule has 132 valence electrons. The van der Waals surface area contributed by atoms with Crippen LogP contribution >= 0.6 is 0 Å². The van der Waals surface area contributed by atoms with Gasteiger partial charge in [-0.1, -0.05) is 19.0 Å². The van der Waals surface area contributed by atoms with E-state index in [9.17, 15) is 14.7 Å². The molecule has 1 amide bonds. The van der Waals surface area contributed by atoms with E-state index in [1.807, 2.05) is 13.8 Å². The van der Waals surface area contributed by atoms with Crippen LogP contribution in [-0.4, -0.2) is 62.6 Å². The quantitative estimate of drug-likeness (QED) is 0.878. The van der Waals surface area contributed by atoms with Gasteiger partial charge in [0.2, 0.25) is 11.8 Å². The molecule has 8 heteroatoms. The Labute approximate surface area is 140 Å². The van der Waals surface area contributed by atoms with Gasteiger partial charge in [-0.2, -0.15) is 4.98 Å². The van der Waals surface area contributed by atoms with Crippen molar-refractivity contribution < 1.29 is 19.2 Å². The third-order valence-electron chi connectivity index (χ3n) is 5.43. The van der Waals surface area contributed by atoms with E-state index in [4.69, 9.17) is 4.52 Å². The topological polar surface area (TPSA) is 99.8 Å². The zero-order chi connectivity index (χ0) is 17.5. The first-order valence-corrected chi connectivity index (χ1v) is 8.38. The maximum Gasteiger partial charge on any atom is 0.309 e. The van der Waals surface area contributed by atoms with Crippen LogP contribution in [0.15, 0.2) is 4.52 Å². The predicted octanol–water partition coefficient (Wildman–Crippen LogP) is 1.09. The summed E-state index contributed by atoms with van der Waals surface area (Å²) in [6.45, 7) is 6.02. The van der Waals surface area contributed by atoms with Gasteiger partial charge in [0.05, 0.1) is 18.0 Å². The zero-order valence-corrected chi connectivity index (χ0v) is 14.4. The molecule has 3 heterocycles. The van der Waals surface area contributed by atoms with Crippen LogP contribution in [0.3, 0.4) is 0 Å². The number of hydrogen-bond donors (Lipinski definition) is 1. The summed E-state index contributed by atoms with van der Waals surface area (Å²) in [5.74, 6) is -0.0810. The molecule has 2 saturated heterocycles. The Morgan fingerprint density at radius 1 is 1.42 bits per heavy atom. The van der Waals surface area contributed by atoms with Gasteiger partial charge in [0.15, 0.2) is 5.82 Å². The van der Waals surface area contributed by atoms with Crippen molar-refractivity contribution in [2.45, 2.75) is 51.1 Å². The van der Waals surface area contributed by atoms with Crippen LogP contribution in [0, 0.1) is 5.92 Å². The summed E-state index contributed by atoms with van der Waals surface area (Å²) in [7, 11) is 1.73. The summed E-state index contributed by atoms with van der Waals surface area (Å²) in [5, 5.41) is 13.5. The number of carbonyl (C=O) groups is 2. The van der Waals surface area contributed by atoms with Gasteiger partial charge in [-0.05, 0) is 12.8 Å². The number of aliphatic carboxylic acids is 1. The lowest BCUT2D eigenvalue weighted by atomic mass is 9.77. The molecule has 0 radical (unpaired) electrons. The summed E-state index contributed by atoms with van der Waals surface area (Å²) in [6.07, 6.45) is 1.41. The van der Waals surface area contributed by atoms with Crippen molar-refractivity contribution in [3.8, 4) is 0 Å². The van der Waals surface area contributed by atoms with Crippen molar-refractivity contribution in [3.05, 3.63) is 11.7 Å². The molecule has 0 bridgehead atoms. The molecular weight excluding hydrogens is 312 g/mol. The molecule has 1 N–H and O–H groups in total. The highest BCUT2D eigenvalue weighted by Crippen LogP contribution is 2.42. The fourth-order valence-electron chi connectivity index (χ4n) is 3.85. The SMILES string of the molecule is CC(C)c1nc(CN2CCC3(CC2)[C@H](C(=O)O)CC(=O)N3C)no1. The normalized spacial score (nSPS) is 24.2. The largest absolute Gasteiger partial charge is 0.481 e. The van der Waals surface area contributed by atoms with Crippen LogP contribution in [0.4, 0.5) is 0 Å². The van der Waals surface area contributed by atoms with Gasteiger partial charge in [0, 0.05) is 32.5 Å². The number of hydrogen-bond acceptors (Lipinski definition) is 6. The highest BCUT2D eigenvalue weighted by Gasteiger charge is 2.55. The summed E-state index contributed by atoms with van der Waals surface area (Å²) in [4.78, 5) is 31.8. The van der Waals surface area contributed by atoms with Crippen molar-refractivity contribution >= 4 is 11.9 Å². The molecular formula is C16H24N4O4. The number of nitrogens with zero attached hydrogens (tertiary/aromatic N) is 4. The van der Waals surface area contributed by atoms with Crippen LogP contribution < -0.4 is 0 Å². The highest BCUT2D eigenvalue weighted by molar-refractivity contribution is 5.88. The van der Waals surface area contributed by atoms with E-state index in [2.05, 4.69) is 15.0 Å². The molecule has 0 aromatic carbocycles. The minimum absolute atomic E-state index is 0.0735. The minimum Gasteiger partial charge on any atom is -0.481 e. The Balaban J connectivity index is 1.66. The third-order valence-corrected chi connectivity index (χ3v) is 5.43. The van der Waals surface area contributed by atoms with Gasteiger partial charge in [-0.15, -0.1) is 0 Å². The van der Waals surface area contributed by atoms with Gasteiger partial charge in [0.1, 0.15) is 0 Å². The third kappa shape index (κ3) is 2.79. The second-order valence-corrected chi connectivity index (χ2v) is 7.13. The number of carboxylic acid groups (broad SMARTS) is 1. The number of rotatable bonds is 4. The number of aromatic nitrogens is 2. The average molecular weight is 336 g/mol. The second-order valence-electron chi connectivity index (χ2n) is 7.13. The lowest BCUT2D eigenvalue weighted by molar-refractivity contribution is -0.146. The van der Waals surface area contributed by atoms with Crippen LogP contribution in [0.2, 0.25) is 0 Å². The fourth-order valence-corrected chi connectivity index (χ4v) is 3.85. The van der Waals surface area contributed by atoms with E-state index < -0.39 is 17.4 Å². The number of piperidine rings is 1. The molecule has 1 spiro atoms. The highest BCUT2D eigenvalue weighted by atomic mass is 16.5. The summed E-state index contributed by atoms with van der Waals surface area (Å²) in [6, 6.07) is 0. The standard InChI is InChI=1S/C16H24N4O4/c1-10(2)14-17-12(18-24-14)9-20-6-4-16(5-7-20)11(15(22)23)8-13(21)19(16)3/h10-11H,4-9H2,1-3H3,(H,22,23)/t11-/m0/s1. The first-order valence-electron chi connectivity index (χ1n) is 8.38. The van der Waals surface area contributed by atoms with Gasteiger partial charge < -0.3 is 14.5 Å². The van der Waals surface area contributed by atoms with Crippen LogP contribution in [0.25, 0.3) is 0 Å². The van der Waals surface area contributed by atoms with E-state index in [-0.39, 0.29) is 18.2 Å². The Hall–Kier alpha value is -1.96. The monoisotopic (exact) mass is 336 g/mol. The van der Waals surface area contributed by atoms with Crippen molar-refractivity contribution in [1.82, 2.24) is 19.9 Å². The molecule has 2 aliphatic rings. The maximum atomic E-state index is 12.0.